The lowest BCUT2D eigenvalue weighted by atomic mass is 9.69. The highest BCUT2D eigenvalue weighted by atomic mass is 127. The number of rotatable bonds is 2. The summed E-state index contributed by atoms with van der Waals surface area (Å²) in [6, 6.07) is 6.29. The summed E-state index contributed by atoms with van der Waals surface area (Å²) in [6.07, 6.45) is 1.84. The van der Waals surface area contributed by atoms with E-state index in [2.05, 4.69) is 53.0 Å². The van der Waals surface area contributed by atoms with E-state index in [1.807, 2.05) is 0 Å². The number of benzene rings is 1. The van der Waals surface area contributed by atoms with Crippen LogP contribution >= 0.6 is 22.6 Å². The summed E-state index contributed by atoms with van der Waals surface area (Å²) in [7, 11) is 0. The van der Waals surface area contributed by atoms with Gasteiger partial charge in [-0.15, -0.1) is 0 Å². The summed E-state index contributed by atoms with van der Waals surface area (Å²) in [4.78, 5) is 12.2. The number of nitrogens with one attached hydrogen (secondary N) is 1. The molecule has 92 valence electrons. The van der Waals surface area contributed by atoms with Crippen LogP contribution in [-0.2, 0) is 10.2 Å². The molecular weight excluding hydrogens is 325 g/mol. The molecule has 1 N–H and O–H groups in total. The van der Waals surface area contributed by atoms with Gasteiger partial charge in [0.15, 0.2) is 0 Å². The first kappa shape index (κ1) is 13.0. The number of ketones is 1. The molecule has 0 unspecified atom stereocenters. The number of halogens is 1. The van der Waals surface area contributed by atoms with Crippen LogP contribution in [0.25, 0.3) is 0 Å². The molecule has 1 aromatic carbocycles. The fraction of sp³-hybridized carbons (Fsp3) is 0.500. The van der Waals surface area contributed by atoms with E-state index in [0.717, 1.165) is 25.9 Å². The van der Waals surface area contributed by atoms with Crippen molar-refractivity contribution >= 4 is 28.4 Å². The van der Waals surface area contributed by atoms with Crippen LogP contribution in [0.3, 0.4) is 0 Å². The van der Waals surface area contributed by atoms with E-state index < -0.39 is 0 Å². The van der Waals surface area contributed by atoms with Gasteiger partial charge in [0.2, 0.25) is 0 Å². The molecule has 0 amide bonds. The fourth-order valence-corrected chi connectivity index (χ4v) is 4.02. The number of hydrogen-bond donors (Lipinski definition) is 1. The first-order chi connectivity index (χ1) is 8.08. The number of piperidine rings is 1. The van der Waals surface area contributed by atoms with E-state index in [-0.39, 0.29) is 5.41 Å². The van der Waals surface area contributed by atoms with Crippen molar-refractivity contribution in [3.63, 3.8) is 0 Å². The second-order valence-corrected chi connectivity index (χ2v) is 5.98. The molecule has 1 heterocycles. The second-order valence-electron chi connectivity index (χ2n) is 4.82. The van der Waals surface area contributed by atoms with Gasteiger partial charge >= 0.3 is 0 Å². The third-order valence-corrected chi connectivity index (χ3v) is 4.73. The number of carbonyl (C=O) groups is 1. The lowest BCUT2D eigenvalue weighted by Gasteiger charge is -2.37. The van der Waals surface area contributed by atoms with Gasteiger partial charge in [0, 0.05) is 3.57 Å². The van der Waals surface area contributed by atoms with Gasteiger partial charge in [-0.2, -0.15) is 0 Å². The van der Waals surface area contributed by atoms with Gasteiger partial charge in [-0.1, -0.05) is 12.1 Å². The van der Waals surface area contributed by atoms with E-state index in [1.54, 1.807) is 6.92 Å². The molecule has 1 aliphatic heterocycles. The molecule has 1 aromatic rings. The Hall–Kier alpha value is -0.420. The highest BCUT2D eigenvalue weighted by molar-refractivity contribution is 14.1. The van der Waals surface area contributed by atoms with Crippen molar-refractivity contribution in [2.24, 2.45) is 0 Å². The summed E-state index contributed by atoms with van der Waals surface area (Å²) < 4.78 is 1.22. The minimum atomic E-state index is -0.257. The van der Waals surface area contributed by atoms with Crippen LogP contribution in [0.5, 0.6) is 0 Å². The average molecular weight is 343 g/mol. The topological polar surface area (TPSA) is 29.1 Å². The predicted molar refractivity (Wildman–Crippen MR) is 78.4 cm³/mol. The predicted octanol–water partition coefficient (Wildman–Crippen LogP) is 2.81. The zero-order chi connectivity index (χ0) is 12.5. The molecule has 2 rings (SSSR count). The Balaban J connectivity index is 2.56. The number of aryl methyl sites for hydroxylation is 1. The molecule has 0 spiro atoms. The molecule has 0 aromatic heterocycles. The minimum absolute atomic E-state index is 0.257. The number of carbonyl (C=O) groups excluding carboxylic acids is 1. The Morgan fingerprint density at radius 1 is 1.35 bits per heavy atom. The average Bonchev–Trinajstić information content (AvgIpc) is 2.29. The zero-order valence-corrected chi connectivity index (χ0v) is 12.5. The van der Waals surface area contributed by atoms with E-state index >= 15 is 0 Å². The smallest absolute Gasteiger partial charge is 0.140 e. The summed E-state index contributed by atoms with van der Waals surface area (Å²) in [5, 5.41) is 3.35. The highest BCUT2D eigenvalue weighted by Crippen LogP contribution is 2.38. The van der Waals surface area contributed by atoms with Crippen molar-refractivity contribution in [3.05, 3.63) is 32.9 Å². The normalized spacial score (nSPS) is 19.0. The molecule has 0 atom stereocenters. The van der Waals surface area contributed by atoms with E-state index in [1.165, 1.54) is 14.7 Å². The Labute approximate surface area is 116 Å². The van der Waals surface area contributed by atoms with Crippen LogP contribution in [-0.4, -0.2) is 18.9 Å². The Bertz CT molecular complexity index is 416. The van der Waals surface area contributed by atoms with Crippen LogP contribution in [0.2, 0.25) is 0 Å². The van der Waals surface area contributed by atoms with Gasteiger partial charge in [0.25, 0.3) is 0 Å². The molecule has 1 aliphatic rings. The molecular formula is C14H18INO. The second kappa shape index (κ2) is 5.06. The standard InChI is InChI=1S/C14H18INO/c1-10-4-3-5-12(15)13(10)14(11(2)17)6-8-16-9-7-14/h3-5,16H,6-9H2,1-2H3. The van der Waals surface area contributed by atoms with Crippen molar-refractivity contribution in [2.45, 2.75) is 32.1 Å². The zero-order valence-electron chi connectivity index (χ0n) is 10.3. The molecule has 0 radical (unpaired) electrons. The molecule has 1 saturated heterocycles. The van der Waals surface area contributed by atoms with Crippen molar-refractivity contribution in [2.75, 3.05) is 13.1 Å². The maximum Gasteiger partial charge on any atom is 0.140 e. The van der Waals surface area contributed by atoms with Crippen LogP contribution in [0.1, 0.15) is 30.9 Å². The van der Waals surface area contributed by atoms with Gasteiger partial charge in [-0.3, -0.25) is 4.79 Å². The molecule has 17 heavy (non-hydrogen) atoms. The van der Waals surface area contributed by atoms with Gasteiger partial charge < -0.3 is 5.32 Å². The Morgan fingerprint density at radius 2 is 2.00 bits per heavy atom. The largest absolute Gasteiger partial charge is 0.317 e. The fourth-order valence-electron chi connectivity index (χ4n) is 2.87. The van der Waals surface area contributed by atoms with E-state index in [4.69, 9.17) is 0 Å². The maximum atomic E-state index is 12.2. The summed E-state index contributed by atoms with van der Waals surface area (Å²) >= 11 is 2.36. The van der Waals surface area contributed by atoms with Crippen molar-refractivity contribution < 1.29 is 4.79 Å². The van der Waals surface area contributed by atoms with Crippen molar-refractivity contribution in [1.29, 1.82) is 0 Å². The Kier molecular flexibility index (Phi) is 3.88. The molecule has 3 heteroatoms. The van der Waals surface area contributed by atoms with Crippen LogP contribution in [0, 0.1) is 10.5 Å². The minimum Gasteiger partial charge on any atom is -0.317 e. The molecule has 0 aliphatic carbocycles. The molecule has 0 bridgehead atoms. The van der Waals surface area contributed by atoms with Gasteiger partial charge in [-0.05, 0) is 79.6 Å². The van der Waals surface area contributed by atoms with Crippen molar-refractivity contribution in [1.82, 2.24) is 5.32 Å². The van der Waals surface area contributed by atoms with Gasteiger partial charge in [-0.25, -0.2) is 0 Å². The molecule has 2 nitrogen and oxygen atoms in total. The van der Waals surface area contributed by atoms with Crippen LogP contribution in [0.4, 0.5) is 0 Å². The maximum absolute atomic E-state index is 12.2. The first-order valence-electron chi connectivity index (χ1n) is 6.05. The van der Waals surface area contributed by atoms with Crippen molar-refractivity contribution in [3.8, 4) is 0 Å². The summed E-state index contributed by atoms with van der Waals surface area (Å²) in [5.41, 5.74) is 2.25. The summed E-state index contributed by atoms with van der Waals surface area (Å²) in [5.74, 6) is 0.311. The SMILES string of the molecule is CC(=O)C1(c2c(C)cccc2I)CCNCC1. The third kappa shape index (κ3) is 2.27. The third-order valence-electron chi connectivity index (χ3n) is 3.83. The quantitative estimate of drug-likeness (QED) is 0.837. The molecule has 1 fully saturated rings. The molecule has 0 saturated carbocycles. The Morgan fingerprint density at radius 3 is 2.53 bits per heavy atom. The number of hydrogen-bond acceptors (Lipinski definition) is 2. The lowest BCUT2D eigenvalue weighted by molar-refractivity contribution is -0.123. The summed E-state index contributed by atoms with van der Waals surface area (Å²) in [6.45, 7) is 5.73. The number of Topliss-reactive ketones (excluding diaryl/α,β-unsaturated/α-hetero) is 1. The van der Waals surface area contributed by atoms with E-state index in [9.17, 15) is 4.79 Å². The first-order valence-corrected chi connectivity index (χ1v) is 7.13. The van der Waals surface area contributed by atoms with E-state index in [0.29, 0.717) is 5.78 Å². The van der Waals surface area contributed by atoms with Gasteiger partial charge in [0.05, 0.1) is 5.41 Å². The monoisotopic (exact) mass is 343 g/mol. The van der Waals surface area contributed by atoms with Gasteiger partial charge in [0.1, 0.15) is 5.78 Å². The highest BCUT2D eigenvalue weighted by Gasteiger charge is 2.40. The van der Waals surface area contributed by atoms with Crippen LogP contribution in [0.15, 0.2) is 18.2 Å². The van der Waals surface area contributed by atoms with Crippen LogP contribution < -0.4 is 5.32 Å². The lowest BCUT2D eigenvalue weighted by Crippen LogP contribution is -2.45.